The Hall–Kier alpha value is -2.12. The number of nitrogens with zero attached hydrogens (tertiary/aromatic N) is 1. The third kappa shape index (κ3) is 4.93. The zero-order chi connectivity index (χ0) is 18.2. The lowest BCUT2D eigenvalue weighted by molar-refractivity contribution is -0.128. The molecule has 0 radical (unpaired) electrons. The molecule has 7 heteroatoms. The number of nitrogens with one attached hydrogen (secondary N) is 2. The van der Waals surface area contributed by atoms with Gasteiger partial charge in [-0.05, 0) is 17.7 Å². The second kappa shape index (κ2) is 9.39. The number of amides is 2. The first-order valence-corrected chi connectivity index (χ1v) is 8.45. The number of carbonyl (C=O) groups excluding carboxylic acids is 2. The van der Waals surface area contributed by atoms with Crippen LogP contribution in [-0.2, 0) is 14.3 Å². The summed E-state index contributed by atoms with van der Waals surface area (Å²) >= 11 is 0. The molecule has 2 unspecified atom stereocenters. The maximum atomic E-state index is 12.6. The van der Waals surface area contributed by atoms with Crippen molar-refractivity contribution in [2.75, 3.05) is 47.5 Å². The number of rotatable bonds is 9. The van der Waals surface area contributed by atoms with Crippen molar-refractivity contribution in [1.29, 1.82) is 0 Å². The Morgan fingerprint density at radius 2 is 1.92 bits per heavy atom. The molecule has 2 atom stereocenters. The van der Waals surface area contributed by atoms with E-state index in [1.807, 2.05) is 24.3 Å². The third-order valence-corrected chi connectivity index (χ3v) is 4.46. The first-order chi connectivity index (χ1) is 12.1. The Morgan fingerprint density at radius 3 is 2.56 bits per heavy atom. The molecule has 1 aliphatic heterocycles. The quantitative estimate of drug-likeness (QED) is 0.637. The Morgan fingerprint density at radius 1 is 1.20 bits per heavy atom. The van der Waals surface area contributed by atoms with E-state index in [0.29, 0.717) is 19.7 Å². The van der Waals surface area contributed by atoms with Crippen LogP contribution in [0, 0.1) is 5.92 Å². The van der Waals surface area contributed by atoms with Gasteiger partial charge in [-0.2, -0.15) is 0 Å². The van der Waals surface area contributed by atoms with Gasteiger partial charge in [-0.25, -0.2) is 0 Å². The van der Waals surface area contributed by atoms with Crippen LogP contribution in [0.15, 0.2) is 24.3 Å². The van der Waals surface area contributed by atoms with Crippen LogP contribution in [0.5, 0.6) is 5.75 Å². The highest BCUT2D eigenvalue weighted by molar-refractivity contribution is 5.90. The molecule has 7 nitrogen and oxygen atoms in total. The summed E-state index contributed by atoms with van der Waals surface area (Å²) in [6.45, 7) is 2.56. The van der Waals surface area contributed by atoms with Gasteiger partial charge in [0.05, 0.1) is 25.7 Å². The molecule has 2 N–H and O–H groups in total. The molecule has 0 aromatic heterocycles. The van der Waals surface area contributed by atoms with Crippen molar-refractivity contribution in [1.82, 2.24) is 15.5 Å². The zero-order valence-electron chi connectivity index (χ0n) is 15.1. The van der Waals surface area contributed by atoms with E-state index in [9.17, 15) is 9.59 Å². The van der Waals surface area contributed by atoms with Gasteiger partial charge in [-0.3, -0.25) is 9.59 Å². The van der Waals surface area contributed by atoms with Crippen molar-refractivity contribution in [2.45, 2.75) is 12.5 Å². The van der Waals surface area contributed by atoms with Crippen LogP contribution in [-0.4, -0.2) is 64.2 Å². The predicted octanol–water partition coefficient (Wildman–Crippen LogP) is 0.567. The molecule has 1 saturated heterocycles. The topological polar surface area (TPSA) is 79.9 Å². The first kappa shape index (κ1) is 19.2. The van der Waals surface area contributed by atoms with Crippen molar-refractivity contribution in [3.8, 4) is 5.75 Å². The van der Waals surface area contributed by atoms with Gasteiger partial charge in [-0.15, -0.1) is 0 Å². The maximum absolute atomic E-state index is 12.6. The highest BCUT2D eigenvalue weighted by atomic mass is 16.5. The molecule has 1 aliphatic rings. The van der Waals surface area contributed by atoms with Crippen LogP contribution in [0.1, 0.15) is 18.0 Å². The fourth-order valence-electron chi connectivity index (χ4n) is 3.07. The van der Waals surface area contributed by atoms with Crippen molar-refractivity contribution in [3.05, 3.63) is 29.8 Å². The van der Waals surface area contributed by atoms with E-state index in [0.717, 1.165) is 17.9 Å². The van der Waals surface area contributed by atoms with Crippen molar-refractivity contribution < 1.29 is 19.1 Å². The smallest absolute Gasteiger partial charge is 0.226 e. The number of ether oxygens (including phenoxy) is 2. The lowest BCUT2D eigenvalue weighted by atomic mass is 9.93. The number of carbonyl (C=O) groups is 2. The van der Waals surface area contributed by atoms with Crippen LogP contribution in [0.4, 0.5) is 0 Å². The van der Waals surface area contributed by atoms with E-state index >= 15 is 0 Å². The van der Waals surface area contributed by atoms with Crippen LogP contribution >= 0.6 is 0 Å². The Labute approximate surface area is 148 Å². The summed E-state index contributed by atoms with van der Waals surface area (Å²) in [5.74, 6) is 0.259. The highest BCUT2D eigenvalue weighted by Gasteiger charge is 2.42. The van der Waals surface area contributed by atoms with Gasteiger partial charge >= 0.3 is 0 Å². The molecule has 138 valence electrons. The molecule has 0 saturated carbocycles. The SMILES string of the molecule is COCCNCCNC(=O)C1CC(=O)N(C)C1c1ccc(OC)cc1. The predicted molar refractivity (Wildman–Crippen MR) is 94.4 cm³/mol. The molecule has 1 heterocycles. The molecule has 2 rings (SSSR count). The lowest BCUT2D eigenvalue weighted by Crippen LogP contribution is -2.38. The van der Waals surface area contributed by atoms with Crippen LogP contribution < -0.4 is 15.4 Å². The minimum absolute atomic E-state index is 0.0146. The van der Waals surface area contributed by atoms with Crippen molar-refractivity contribution >= 4 is 11.8 Å². The molecular weight excluding hydrogens is 322 g/mol. The molecule has 1 aromatic rings. The molecule has 2 amide bonds. The summed E-state index contributed by atoms with van der Waals surface area (Å²) in [5.41, 5.74) is 0.938. The molecule has 0 spiro atoms. The standard InChI is InChI=1S/C18H27N3O4/c1-21-16(22)12-15(18(23)20-9-8-19-10-11-24-2)17(21)13-4-6-14(25-3)7-5-13/h4-7,15,17,19H,8-12H2,1-3H3,(H,20,23). The Bertz CT molecular complexity index is 576. The van der Waals surface area contributed by atoms with E-state index < -0.39 is 0 Å². The Kier molecular flexibility index (Phi) is 7.21. The molecule has 1 aromatic carbocycles. The van der Waals surface area contributed by atoms with Crippen LogP contribution in [0.2, 0.25) is 0 Å². The lowest BCUT2D eigenvalue weighted by Gasteiger charge is -2.25. The van der Waals surface area contributed by atoms with E-state index in [4.69, 9.17) is 9.47 Å². The maximum Gasteiger partial charge on any atom is 0.226 e. The second-order valence-electron chi connectivity index (χ2n) is 6.07. The second-order valence-corrected chi connectivity index (χ2v) is 6.07. The average Bonchev–Trinajstić information content (AvgIpc) is 2.93. The average molecular weight is 349 g/mol. The number of hydrogen-bond acceptors (Lipinski definition) is 5. The highest BCUT2D eigenvalue weighted by Crippen LogP contribution is 2.37. The van der Waals surface area contributed by atoms with Gasteiger partial charge in [0.25, 0.3) is 0 Å². The first-order valence-electron chi connectivity index (χ1n) is 8.45. The van der Waals surface area contributed by atoms with Gasteiger partial charge in [0.15, 0.2) is 0 Å². The van der Waals surface area contributed by atoms with E-state index in [1.54, 1.807) is 26.2 Å². The molecule has 25 heavy (non-hydrogen) atoms. The molecule has 1 fully saturated rings. The summed E-state index contributed by atoms with van der Waals surface area (Å²) in [5, 5.41) is 6.09. The van der Waals surface area contributed by atoms with Crippen molar-refractivity contribution in [2.24, 2.45) is 5.92 Å². The minimum Gasteiger partial charge on any atom is -0.497 e. The van der Waals surface area contributed by atoms with Gasteiger partial charge in [0.1, 0.15) is 5.75 Å². The summed E-state index contributed by atoms with van der Waals surface area (Å²) in [4.78, 5) is 26.4. The van der Waals surface area contributed by atoms with E-state index in [-0.39, 0.29) is 30.2 Å². The Balaban J connectivity index is 1.96. The number of benzene rings is 1. The fraction of sp³-hybridized carbons (Fsp3) is 0.556. The van der Waals surface area contributed by atoms with Crippen LogP contribution in [0.25, 0.3) is 0 Å². The molecule has 0 bridgehead atoms. The zero-order valence-corrected chi connectivity index (χ0v) is 15.1. The van der Waals surface area contributed by atoms with Crippen LogP contribution in [0.3, 0.4) is 0 Å². The molecule has 0 aliphatic carbocycles. The van der Waals surface area contributed by atoms with E-state index in [2.05, 4.69) is 10.6 Å². The summed E-state index contributed by atoms with van der Waals surface area (Å²) in [6.07, 6.45) is 0.232. The van der Waals surface area contributed by atoms with Gasteiger partial charge in [0.2, 0.25) is 11.8 Å². The van der Waals surface area contributed by atoms with Gasteiger partial charge in [-0.1, -0.05) is 12.1 Å². The minimum atomic E-state index is -0.384. The monoisotopic (exact) mass is 349 g/mol. The summed E-state index contributed by atoms with van der Waals surface area (Å²) < 4.78 is 10.1. The number of likely N-dealkylation sites (tertiary alicyclic amines) is 1. The van der Waals surface area contributed by atoms with E-state index in [1.165, 1.54) is 0 Å². The number of methoxy groups -OCH3 is 2. The summed E-state index contributed by atoms with van der Waals surface area (Å²) in [6, 6.07) is 7.26. The largest absolute Gasteiger partial charge is 0.497 e. The normalized spacial score (nSPS) is 20.0. The number of hydrogen-bond donors (Lipinski definition) is 2. The molecular formula is C18H27N3O4. The van der Waals surface area contributed by atoms with Crippen molar-refractivity contribution in [3.63, 3.8) is 0 Å². The van der Waals surface area contributed by atoms with Gasteiger partial charge in [0, 0.05) is 40.2 Å². The summed E-state index contributed by atoms with van der Waals surface area (Å²) in [7, 11) is 5.00. The fourth-order valence-corrected chi connectivity index (χ4v) is 3.07. The van der Waals surface area contributed by atoms with Gasteiger partial charge < -0.3 is 25.0 Å². The third-order valence-electron chi connectivity index (χ3n) is 4.46.